The van der Waals surface area contributed by atoms with E-state index in [2.05, 4.69) is 4.98 Å². The fourth-order valence-corrected chi connectivity index (χ4v) is 2.37. The molecule has 2 N–H and O–H groups in total. The van der Waals surface area contributed by atoms with E-state index in [9.17, 15) is 8.78 Å². The minimum Gasteiger partial charge on any atom is -0.369 e. The summed E-state index contributed by atoms with van der Waals surface area (Å²) in [6.07, 6.45) is 0. The topological polar surface area (TPSA) is 43.8 Å². The molecule has 0 unspecified atom stereocenters. The van der Waals surface area contributed by atoms with Crippen molar-refractivity contribution < 1.29 is 8.78 Å². The monoisotopic (exact) mass is 293 g/mol. The molecule has 1 heterocycles. The van der Waals surface area contributed by atoms with Gasteiger partial charge in [0, 0.05) is 6.07 Å². The third-order valence-corrected chi connectivity index (χ3v) is 3.30. The zero-order chi connectivity index (χ0) is 14.4. The Morgan fingerprint density at radius 3 is 2.60 bits per heavy atom. The Morgan fingerprint density at radius 1 is 1.15 bits per heavy atom. The molecule has 0 saturated heterocycles. The van der Waals surface area contributed by atoms with E-state index in [0.717, 1.165) is 5.56 Å². The summed E-state index contributed by atoms with van der Waals surface area (Å²) in [5.74, 6) is -0.805. The number of aromatic nitrogens is 2. The highest BCUT2D eigenvalue weighted by Crippen LogP contribution is 2.28. The third kappa shape index (κ3) is 2.00. The van der Waals surface area contributed by atoms with E-state index in [1.807, 2.05) is 0 Å². The van der Waals surface area contributed by atoms with Crippen molar-refractivity contribution in [2.45, 2.75) is 6.92 Å². The van der Waals surface area contributed by atoms with Gasteiger partial charge in [-0.25, -0.2) is 13.8 Å². The molecule has 2 aromatic carbocycles. The minimum atomic E-state index is -0.570. The van der Waals surface area contributed by atoms with Crippen molar-refractivity contribution in [3.05, 3.63) is 52.6 Å². The molecule has 0 saturated carbocycles. The van der Waals surface area contributed by atoms with Crippen LogP contribution in [-0.4, -0.2) is 9.55 Å². The number of nitrogens with zero attached hydrogens (tertiary/aromatic N) is 2. The summed E-state index contributed by atoms with van der Waals surface area (Å²) < 4.78 is 28.5. The Labute approximate surface area is 118 Å². The van der Waals surface area contributed by atoms with Gasteiger partial charge in [0.1, 0.15) is 11.6 Å². The van der Waals surface area contributed by atoms with Gasteiger partial charge >= 0.3 is 0 Å². The molecule has 102 valence electrons. The van der Waals surface area contributed by atoms with Gasteiger partial charge in [0.2, 0.25) is 5.95 Å². The highest BCUT2D eigenvalue weighted by molar-refractivity contribution is 6.31. The number of nitrogen functional groups attached to an aromatic ring is 1. The number of imidazole rings is 1. The predicted octanol–water partition coefficient (Wildman–Crippen LogP) is 3.85. The second-order valence-corrected chi connectivity index (χ2v) is 4.95. The zero-order valence-electron chi connectivity index (χ0n) is 10.5. The first-order valence-electron chi connectivity index (χ1n) is 5.86. The van der Waals surface area contributed by atoms with E-state index >= 15 is 0 Å². The highest BCUT2D eigenvalue weighted by atomic mass is 35.5. The molecular weight excluding hydrogens is 284 g/mol. The molecule has 0 bridgehead atoms. The second-order valence-electron chi connectivity index (χ2n) is 4.55. The first-order chi connectivity index (χ1) is 9.45. The molecule has 0 aliphatic carbocycles. The Hall–Kier alpha value is -2.14. The molecule has 0 fully saturated rings. The molecule has 0 aliphatic heterocycles. The van der Waals surface area contributed by atoms with Crippen LogP contribution in [0.2, 0.25) is 5.02 Å². The summed E-state index contributed by atoms with van der Waals surface area (Å²) in [4.78, 5) is 4.07. The number of benzene rings is 2. The smallest absolute Gasteiger partial charge is 0.205 e. The predicted molar refractivity (Wildman–Crippen MR) is 75.1 cm³/mol. The van der Waals surface area contributed by atoms with Crippen LogP contribution in [0.15, 0.2) is 30.3 Å². The lowest BCUT2D eigenvalue weighted by Gasteiger charge is -2.08. The normalized spacial score (nSPS) is 11.2. The largest absolute Gasteiger partial charge is 0.369 e. The van der Waals surface area contributed by atoms with Crippen LogP contribution in [0.4, 0.5) is 14.7 Å². The molecular formula is C14H10ClF2N3. The summed E-state index contributed by atoms with van der Waals surface area (Å²) in [6, 6.07) is 7.14. The molecule has 6 heteroatoms. The Balaban J connectivity index is 2.35. The number of halogens is 3. The quantitative estimate of drug-likeness (QED) is 0.740. The summed E-state index contributed by atoms with van der Waals surface area (Å²) >= 11 is 5.79. The fourth-order valence-electron chi connectivity index (χ4n) is 2.21. The van der Waals surface area contributed by atoms with Gasteiger partial charge in [0.05, 0.1) is 21.7 Å². The second kappa shape index (κ2) is 4.45. The van der Waals surface area contributed by atoms with Gasteiger partial charge in [-0.15, -0.1) is 0 Å². The van der Waals surface area contributed by atoms with Gasteiger partial charge in [0.25, 0.3) is 0 Å². The lowest BCUT2D eigenvalue weighted by atomic mass is 10.2. The van der Waals surface area contributed by atoms with Crippen LogP contribution in [0.5, 0.6) is 0 Å². The summed E-state index contributed by atoms with van der Waals surface area (Å²) in [5, 5.41) is -0.0354. The first-order valence-corrected chi connectivity index (χ1v) is 6.24. The average Bonchev–Trinajstić information content (AvgIpc) is 2.64. The van der Waals surface area contributed by atoms with Crippen molar-refractivity contribution in [1.82, 2.24) is 9.55 Å². The van der Waals surface area contributed by atoms with Crippen molar-refractivity contribution in [3.63, 3.8) is 0 Å². The highest BCUT2D eigenvalue weighted by Gasteiger charge is 2.14. The van der Waals surface area contributed by atoms with Gasteiger partial charge in [-0.05, 0) is 36.8 Å². The summed E-state index contributed by atoms with van der Waals surface area (Å²) in [7, 11) is 0. The molecule has 1 aromatic heterocycles. The minimum absolute atomic E-state index is 0.0354. The number of fused-ring (bicyclic) bond motifs is 1. The molecule has 3 nitrogen and oxygen atoms in total. The van der Waals surface area contributed by atoms with Crippen LogP contribution in [0.3, 0.4) is 0 Å². The van der Waals surface area contributed by atoms with Gasteiger partial charge < -0.3 is 5.73 Å². The molecule has 0 amide bonds. The van der Waals surface area contributed by atoms with E-state index in [0.29, 0.717) is 16.7 Å². The van der Waals surface area contributed by atoms with Crippen LogP contribution in [-0.2, 0) is 0 Å². The van der Waals surface area contributed by atoms with Crippen molar-refractivity contribution in [2.75, 3.05) is 5.73 Å². The van der Waals surface area contributed by atoms with E-state index in [1.165, 1.54) is 28.8 Å². The van der Waals surface area contributed by atoms with Gasteiger partial charge in [-0.2, -0.15) is 0 Å². The lowest BCUT2D eigenvalue weighted by Crippen LogP contribution is -2.01. The van der Waals surface area contributed by atoms with Crippen molar-refractivity contribution in [1.29, 1.82) is 0 Å². The van der Waals surface area contributed by atoms with E-state index in [4.69, 9.17) is 17.3 Å². The van der Waals surface area contributed by atoms with Crippen molar-refractivity contribution in [3.8, 4) is 5.69 Å². The number of nitrogens with two attached hydrogens (primary N) is 1. The number of hydrogen-bond acceptors (Lipinski definition) is 2. The van der Waals surface area contributed by atoms with Crippen molar-refractivity contribution >= 4 is 28.6 Å². The van der Waals surface area contributed by atoms with Gasteiger partial charge in [0.15, 0.2) is 0 Å². The molecule has 0 atom stereocenters. The number of rotatable bonds is 1. The van der Waals surface area contributed by atoms with Crippen LogP contribution < -0.4 is 5.73 Å². The Morgan fingerprint density at radius 2 is 1.90 bits per heavy atom. The van der Waals surface area contributed by atoms with Gasteiger partial charge in [-0.1, -0.05) is 11.6 Å². The Kier molecular flexibility index (Phi) is 2.87. The van der Waals surface area contributed by atoms with Crippen LogP contribution in [0.25, 0.3) is 16.7 Å². The van der Waals surface area contributed by atoms with E-state index in [-0.39, 0.29) is 16.8 Å². The molecule has 0 aliphatic rings. The maximum absolute atomic E-state index is 13.5. The molecule has 0 radical (unpaired) electrons. The maximum Gasteiger partial charge on any atom is 0.205 e. The summed E-state index contributed by atoms with van der Waals surface area (Å²) in [6.45, 7) is 1.77. The number of anilines is 1. The number of hydrogen-bond donors (Lipinski definition) is 1. The molecule has 20 heavy (non-hydrogen) atoms. The molecule has 3 aromatic rings. The van der Waals surface area contributed by atoms with Crippen LogP contribution in [0.1, 0.15) is 5.56 Å². The number of aryl methyl sites for hydroxylation is 1. The third-order valence-electron chi connectivity index (χ3n) is 3.01. The first kappa shape index (κ1) is 12.9. The molecule has 3 rings (SSSR count). The fraction of sp³-hybridized carbons (Fsp3) is 0.0714. The van der Waals surface area contributed by atoms with E-state index < -0.39 is 5.82 Å². The lowest BCUT2D eigenvalue weighted by molar-refractivity contribution is 0.625. The average molecular weight is 294 g/mol. The zero-order valence-corrected chi connectivity index (χ0v) is 11.2. The summed E-state index contributed by atoms with van der Waals surface area (Å²) in [5.41, 5.74) is 8.01. The van der Waals surface area contributed by atoms with Crippen molar-refractivity contribution in [2.24, 2.45) is 0 Å². The van der Waals surface area contributed by atoms with Crippen LogP contribution >= 0.6 is 11.6 Å². The maximum atomic E-state index is 13.5. The Bertz CT molecular complexity index is 807. The van der Waals surface area contributed by atoms with Gasteiger partial charge in [-0.3, -0.25) is 4.57 Å². The molecule has 0 spiro atoms. The standard InChI is InChI=1S/C14H10ClF2N3/c1-7-2-8(16)4-9(3-7)20-13-5-10(15)11(17)6-12(13)19-14(20)18/h2-6H,1H3,(H2,18,19). The van der Waals surface area contributed by atoms with E-state index in [1.54, 1.807) is 13.0 Å². The van der Waals surface area contributed by atoms with Crippen LogP contribution in [0, 0.1) is 18.6 Å². The SMILES string of the molecule is Cc1cc(F)cc(-n2c(N)nc3cc(F)c(Cl)cc32)c1.